The molecular formula is C37H49N7O8. The van der Waals surface area contributed by atoms with Crippen LogP contribution in [0.1, 0.15) is 51.2 Å². The average Bonchev–Trinajstić information content (AvgIpc) is 3.62. The summed E-state index contributed by atoms with van der Waals surface area (Å²) in [5.41, 5.74) is 1.44. The van der Waals surface area contributed by atoms with E-state index >= 15 is 0 Å². The van der Waals surface area contributed by atoms with Gasteiger partial charge in [-0.25, -0.2) is 0 Å². The number of nitrogens with zero attached hydrogens (tertiary/aromatic N) is 1. The summed E-state index contributed by atoms with van der Waals surface area (Å²) in [7, 11) is 0. The van der Waals surface area contributed by atoms with Crippen molar-refractivity contribution in [2.24, 2.45) is 5.92 Å². The second kappa shape index (κ2) is 18.8. The predicted octanol–water partition coefficient (Wildman–Crippen LogP) is -0.925. The summed E-state index contributed by atoms with van der Waals surface area (Å²) in [6, 6.07) is 10.8. The normalized spacial score (nSPS) is 25.9. The van der Waals surface area contributed by atoms with Gasteiger partial charge >= 0.3 is 0 Å². The van der Waals surface area contributed by atoms with E-state index in [4.69, 9.17) is 0 Å². The van der Waals surface area contributed by atoms with Gasteiger partial charge in [-0.1, -0.05) is 74.5 Å². The van der Waals surface area contributed by atoms with E-state index < -0.39 is 90.8 Å². The van der Waals surface area contributed by atoms with Crippen molar-refractivity contribution in [3.63, 3.8) is 0 Å². The van der Waals surface area contributed by atoms with E-state index in [2.05, 4.69) is 31.9 Å². The van der Waals surface area contributed by atoms with Gasteiger partial charge in [0.1, 0.15) is 36.3 Å². The molecule has 2 heterocycles. The molecule has 2 aromatic carbocycles. The molecule has 15 nitrogen and oxygen atoms in total. The van der Waals surface area contributed by atoms with Gasteiger partial charge in [-0.05, 0) is 43.2 Å². The number of hydrogen-bond acceptors (Lipinski definition) is 8. The van der Waals surface area contributed by atoms with Crippen molar-refractivity contribution >= 4 is 41.4 Å². The van der Waals surface area contributed by atoms with Crippen LogP contribution in [0.2, 0.25) is 0 Å². The molecule has 0 bridgehead atoms. The van der Waals surface area contributed by atoms with Gasteiger partial charge in [-0.3, -0.25) is 33.6 Å². The van der Waals surface area contributed by atoms with Crippen LogP contribution in [0.4, 0.5) is 0 Å². The van der Waals surface area contributed by atoms with Crippen molar-refractivity contribution < 1.29 is 38.7 Å². The Hall–Kier alpha value is -5.31. The fourth-order valence-corrected chi connectivity index (χ4v) is 6.26. The van der Waals surface area contributed by atoms with Crippen molar-refractivity contribution in [2.45, 2.75) is 89.1 Å². The number of carbonyl (C=O) groups excluding carboxylic acids is 7. The van der Waals surface area contributed by atoms with Gasteiger partial charge in [0.2, 0.25) is 41.4 Å². The highest BCUT2D eigenvalue weighted by molar-refractivity contribution is 5.98. The minimum Gasteiger partial charge on any atom is -0.394 e. The molecule has 15 heteroatoms. The lowest BCUT2D eigenvalue weighted by Gasteiger charge is -2.30. The zero-order valence-electron chi connectivity index (χ0n) is 29.7. The number of amides is 7. The Labute approximate surface area is 303 Å². The van der Waals surface area contributed by atoms with Gasteiger partial charge in [-0.15, -0.1) is 0 Å². The number of rotatable bonds is 7. The maximum absolute atomic E-state index is 14.1. The van der Waals surface area contributed by atoms with E-state index in [0.717, 1.165) is 5.56 Å². The fraction of sp³-hybridized carbons (Fsp3) is 0.486. The van der Waals surface area contributed by atoms with Crippen molar-refractivity contribution in [1.82, 2.24) is 36.8 Å². The van der Waals surface area contributed by atoms with Crippen molar-refractivity contribution in [2.75, 3.05) is 19.7 Å². The summed E-state index contributed by atoms with van der Waals surface area (Å²) in [5.74, 6) is -4.83. The van der Waals surface area contributed by atoms with Gasteiger partial charge < -0.3 is 41.9 Å². The van der Waals surface area contributed by atoms with Gasteiger partial charge in [-0.2, -0.15) is 0 Å². The van der Waals surface area contributed by atoms with Crippen LogP contribution in [0.25, 0.3) is 0 Å². The summed E-state index contributed by atoms with van der Waals surface area (Å²) in [6.45, 7) is 4.06. The third-order valence-electron chi connectivity index (χ3n) is 9.00. The van der Waals surface area contributed by atoms with Crippen LogP contribution in [-0.2, 0) is 46.4 Å². The van der Waals surface area contributed by atoms with Gasteiger partial charge in [0.05, 0.1) is 13.2 Å². The van der Waals surface area contributed by atoms with Crippen LogP contribution in [0.3, 0.4) is 0 Å². The zero-order valence-corrected chi connectivity index (χ0v) is 29.7. The topological polar surface area (TPSA) is 215 Å². The van der Waals surface area contributed by atoms with Crippen LogP contribution in [-0.4, -0.2) is 107 Å². The lowest BCUT2D eigenvalue weighted by molar-refractivity contribution is -0.142. The number of aliphatic hydroxyl groups excluding tert-OH is 1. The summed E-state index contributed by atoms with van der Waals surface area (Å²) in [4.78, 5) is 96.0. The second-order valence-corrected chi connectivity index (χ2v) is 13.6. The highest BCUT2D eigenvalue weighted by atomic mass is 16.3. The molecule has 2 fully saturated rings. The Balaban J connectivity index is 1.67. The summed E-state index contributed by atoms with van der Waals surface area (Å²) >= 11 is 0. The molecule has 0 unspecified atom stereocenters. The first-order chi connectivity index (χ1) is 24.9. The Kier molecular flexibility index (Phi) is 14.3. The third kappa shape index (κ3) is 11.1. The quantitative estimate of drug-likeness (QED) is 0.190. The smallest absolute Gasteiger partial charge is 0.246 e. The van der Waals surface area contributed by atoms with Crippen molar-refractivity contribution in [3.8, 4) is 0 Å². The number of aliphatic hydroxyl groups is 1. The number of carbonyl (C=O) groups is 7. The molecule has 0 spiro atoms. The number of fused-ring (bicyclic) bond motifs is 1. The molecule has 2 saturated heterocycles. The average molecular weight is 720 g/mol. The molecule has 2 aliphatic rings. The molecule has 7 N–H and O–H groups in total. The van der Waals surface area contributed by atoms with Gasteiger partial charge in [0, 0.05) is 19.4 Å². The molecule has 2 aliphatic heterocycles. The SMILES string of the molecule is CC(C)C[C@H]1NC(=O)CNC(=O)[C@@H]2CCCN2C(=O)[C@@H](Cc2ccccc2)NC(=O)[C@@H](C)NC(=O)[C@@H](Cc2ccccc2)NC(=O)[C@H](CO)NC1=O. The molecule has 0 radical (unpaired) electrons. The molecule has 2 aromatic rings. The maximum Gasteiger partial charge on any atom is 0.246 e. The number of benzene rings is 2. The Morgan fingerprint density at radius 2 is 1.21 bits per heavy atom. The van der Waals surface area contributed by atoms with E-state index in [1.807, 2.05) is 19.9 Å². The first-order valence-corrected chi connectivity index (χ1v) is 17.6. The van der Waals surface area contributed by atoms with E-state index in [1.165, 1.54) is 11.8 Å². The highest BCUT2D eigenvalue weighted by Gasteiger charge is 2.39. The summed E-state index contributed by atoms with van der Waals surface area (Å²) in [5, 5.41) is 25.7. The van der Waals surface area contributed by atoms with Crippen LogP contribution in [0.5, 0.6) is 0 Å². The number of hydrogen-bond donors (Lipinski definition) is 7. The third-order valence-corrected chi connectivity index (χ3v) is 9.00. The zero-order chi connectivity index (χ0) is 37.8. The molecule has 7 amide bonds. The minimum atomic E-state index is -1.49. The molecule has 52 heavy (non-hydrogen) atoms. The summed E-state index contributed by atoms with van der Waals surface area (Å²) in [6.07, 6.45) is 1.15. The molecular weight excluding hydrogens is 670 g/mol. The largest absolute Gasteiger partial charge is 0.394 e. The molecule has 280 valence electrons. The molecule has 0 aliphatic carbocycles. The van der Waals surface area contributed by atoms with E-state index in [1.54, 1.807) is 54.6 Å². The fourth-order valence-electron chi connectivity index (χ4n) is 6.26. The van der Waals surface area contributed by atoms with Crippen molar-refractivity contribution in [3.05, 3.63) is 71.8 Å². The Morgan fingerprint density at radius 3 is 1.81 bits per heavy atom. The molecule has 4 rings (SSSR count). The maximum atomic E-state index is 14.1. The number of nitrogens with one attached hydrogen (secondary N) is 6. The van der Waals surface area contributed by atoms with Gasteiger partial charge in [0.25, 0.3) is 0 Å². The summed E-state index contributed by atoms with van der Waals surface area (Å²) < 4.78 is 0. The van der Waals surface area contributed by atoms with Crippen LogP contribution < -0.4 is 31.9 Å². The van der Waals surface area contributed by atoms with E-state index in [0.29, 0.717) is 18.4 Å². The lowest BCUT2D eigenvalue weighted by atomic mass is 10.0. The standard InChI is InChI=1S/C37H49N7O8/c1-22(2)17-26-34(49)43-29(21-45)35(50)41-27(18-24-11-6-4-7-12-24)33(48)39-23(3)32(47)42-28(19-25-13-8-5-9-14-25)37(52)44-16-10-15-30(44)36(51)38-20-31(46)40-26/h4-9,11-14,22-23,26-30,45H,10,15-21H2,1-3H3,(H,38,51)(H,39,48)(H,40,46)(H,41,50)(H,42,47)(H,43,49)/t23-,26-,27-,28-,29+,30+/m1/s1. The predicted molar refractivity (Wildman–Crippen MR) is 190 cm³/mol. The van der Waals surface area contributed by atoms with Crippen LogP contribution in [0, 0.1) is 5.92 Å². The molecule has 0 aromatic heterocycles. The highest BCUT2D eigenvalue weighted by Crippen LogP contribution is 2.20. The molecule has 0 saturated carbocycles. The van der Waals surface area contributed by atoms with Crippen LogP contribution in [0.15, 0.2) is 60.7 Å². The monoisotopic (exact) mass is 719 g/mol. The Bertz CT molecular complexity index is 1590. The minimum absolute atomic E-state index is 0.0113. The Morgan fingerprint density at radius 1 is 0.673 bits per heavy atom. The first kappa shape index (κ1) is 39.5. The lowest BCUT2D eigenvalue weighted by Crippen LogP contribution is -2.60. The van der Waals surface area contributed by atoms with E-state index in [-0.39, 0.29) is 31.7 Å². The van der Waals surface area contributed by atoms with E-state index in [9.17, 15) is 38.7 Å². The second-order valence-electron chi connectivity index (χ2n) is 13.6. The first-order valence-electron chi connectivity index (χ1n) is 17.6. The van der Waals surface area contributed by atoms with Crippen LogP contribution >= 0.6 is 0 Å². The van der Waals surface area contributed by atoms with Gasteiger partial charge in [0.15, 0.2) is 0 Å². The molecule has 6 atom stereocenters. The van der Waals surface area contributed by atoms with Crippen molar-refractivity contribution in [1.29, 1.82) is 0 Å².